The van der Waals surface area contributed by atoms with Gasteiger partial charge in [-0.3, -0.25) is 0 Å². The maximum Gasteiger partial charge on any atom is 0.108 e. The fourth-order valence-corrected chi connectivity index (χ4v) is 3.20. The van der Waals surface area contributed by atoms with Crippen LogP contribution in [0.4, 0.5) is 0 Å². The monoisotopic (exact) mass is 235 g/mol. The van der Waals surface area contributed by atoms with E-state index in [-0.39, 0.29) is 0 Å². The molecule has 1 aromatic rings. The molecule has 0 saturated heterocycles. The first-order chi connectivity index (χ1) is 8.36. The zero-order valence-electron chi connectivity index (χ0n) is 11.2. The molecule has 0 aliphatic heterocycles. The van der Waals surface area contributed by atoms with Gasteiger partial charge in [0.25, 0.3) is 0 Å². The van der Waals surface area contributed by atoms with Crippen molar-refractivity contribution in [3.8, 4) is 0 Å². The largest absolute Gasteiger partial charge is 0.469 e. The highest BCUT2D eigenvalue weighted by Gasteiger charge is 2.25. The van der Waals surface area contributed by atoms with Crippen LogP contribution in [0.25, 0.3) is 0 Å². The highest BCUT2D eigenvalue weighted by atomic mass is 16.3. The van der Waals surface area contributed by atoms with E-state index in [0.29, 0.717) is 6.04 Å². The van der Waals surface area contributed by atoms with E-state index in [1.165, 1.54) is 44.1 Å². The van der Waals surface area contributed by atoms with Crippen LogP contribution in [-0.4, -0.2) is 7.05 Å². The number of rotatable bonds is 4. The van der Waals surface area contributed by atoms with Crippen LogP contribution in [0.3, 0.4) is 0 Å². The molecule has 0 spiro atoms. The molecule has 1 unspecified atom stereocenters. The van der Waals surface area contributed by atoms with Crippen LogP contribution in [0.5, 0.6) is 0 Å². The quantitative estimate of drug-likeness (QED) is 0.796. The van der Waals surface area contributed by atoms with E-state index in [0.717, 1.165) is 18.1 Å². The van der Waals surface area contributed by atoms with E-state index in [4.69, 9.17) is 4.42 Å². The normalized spacial score (nSPS) is 20.1. The number of hydrogen-bond donors (Lipinski definition) is 1. The van der Waals surface area contributed by atoms with E-state index < -0.39 is 0 Å². The summed E-state index contributed by atoms with van der Waals surface area (Å²) in [6.07, 6.45) is 11.2. The van der Waals surface area contributed by atoms with Crippen molar-refractivity contribution in [1.29, 1.82) is 0 Å². The van der Waals surface area contributed by atoms with Gasteiger partial charge in [0.15, 0.2) is 0 Å². The highest BCUT2D eigenvalue weighted by molar-refractivity contribution is 5.22. The molecule has 0 radical (unpaired) electrons. The molecule has 1 saturated carbocycles. The molecule has 17 heavy (non-hydrogen) atoms. The molecule has 0 amide bonds. The third-order valence-electron chi connectivity index (χ3n) is 4.12. The van der Waals surface area contributed by atoms with Crippen LogP contribution in [-0.2, 0) is 6.42 Å². The van der Waals surface area contributed by atoms with E-state index in [9.17, 15) is 0 Å². The highest BCUT2D eigenvalue weighted by Crippen LogP contribution is 2.35. The number of nitrogens with one attached hydrogen (secondary N) is 1. The van der Waals surface area contributed by atoms with Crippen LogP contribution in [0.2, 0.25) is 0 Å². The molecular weight excluding hydrogens is 210 g/mol. The lowest BCUT2D eigenvalue weighted by Gasteiger charge is -2.25. The van der Waals surface area contributed by atoms with E-state index in [1.807, 2.05) is 6.26 Å². The minimum Gasteiger partial charge on any atom is -0.469 e. The van der Waals surface area contributed by atoms with E-state index in [2.05, 4.69) is 25.4 Å². The minimum atomic E-state index is 0.488. The summed E-state index contributed by atoms with van der Waals surface area (Å²) >= 11 is 0. The van der Waals surface area contributed by atoms with Crippen molar-refractivity contribution in [2.24, 2.45) is 5.92 Å². The predicted octanol–water partition coefficient (Wildman–Crippen LogP) is 4.07. The second kappa shape index (κ2) is 6.25. The molecule has 2 heteroatoms. The van der Waals surface area contributed by atoms with Gasteiger partial charge in [0.1, 0.15) is 5.76 Å². The summed E-state index contributed by atoms with van der Waals surface area (Å²) < 4.78 is 5.58. The van der Waals surface area contributed by atoms with Gasteiger partial charge >= 0.3 is 0 Å². The number of aryl methyl sites for hydroxylation is 1. The Labute approximate surface area is 105 Å². The van der Waals surface area contributed by atoms with Gasteiger partial charge < -0.3 is 9.73 Å². The first kappa shape index (κ1) is 12.7. The van der Waals surface area contributed by atoms with Gasteiger partial charge in [-0.05, 0) is 31.9 Å². The van der Waals surface area contributed by atoms with Crippen LogP contribution >= 0.6 is 0 Å². The summed E-state index contributed by atoms with van der Waals surface area (Å²) in [4.78, 5) is 0. The molecular formula is C15H25NO. The van der Waals surface area contributed by atoms with E-state index >= 15 is 0 Å². The Morgan fingerprint density at radius 3 is 2.59 bits per heavy atom. The summed E-state index contributed by atoms with van der Waals surface area (Å²) in [6, 6.07) is 2.65. The van der Waals surface area contributed by atoms with Gasteiger partial charge in [0.05, 0.1) is 6.26 Å². The zero-order chi connectivity index (χ0) is 12.1. The first-order valence-corrected chi connectivity index (χ1v) is 7.10. The maximum atomic E-state index is 5.58. The molecule has 0 bridgehead atoms. The SMILES string of the molecule is CCc1occc1C(NC)C1CCCCCC1. The lowest BCUT2D eigenvalue weighted by Crippen LogP contribution is -2.25. The van der Waals surface area contributed by atoms with Crippen molar-refractivity contribution in [1.82, 2.24) is 5.32 Å². The summed E-state index contributed by atoms with van der Waals surface area (Å²) in [5.74, 6) is 1.94. The van der Waals surface area contributed by atoms with Crippen LogP contribution in [0, 0.1) is 5.92 Å². The molecule has 1 heterocycles. The Balaban J connectivity index is 2.14. The fraction of sp³-hybridized carbons (Fsp3) is 0.733. The molecule has 2 rings (SSSR count). The molecule has 1 aliphatic carbocycles. The Kier molecular flexibility index (Phi) is 4.66. The molecule has 1 N–H and O–H groups in total. The lowest BCUT2D eigenvalue weighted by atomic mass is 9.87. The van der Waals surface area contributed by atoms with Gasteiger partial charge in [0, 0.05) is 18.0 Å². The van der Waals surface area contributed by atoms with Crippen molar-refractivity contribution in [3.63, 3.8) is 0 Å². The van der Waals surface area contributed by atoms with Crippen LogP contribution in [0.1, 0.15) is 62.8 Å². The minimum absolute atomic E-state index is 0.488. The molecule has 96 valence electrons. The van der Waals surface area contributed by atoms with Gasteiger partial charge in [-0.1, -0.05) is 32.6 Å². The Bertz CT molecular complexity index is 323. The Hall–Kier alpha value is -0.760. The molecule has 1 atom stereocenters. The number of furan rings is 1. The second-order valence-electron chi connectivity index (χ2n) is 5.17. The number of hydrogen-bond acceptors (Lipinski definition) is 2. The van der Waals surface area contributed by atoms with Gasteiger partial charge in [0.2, 0.25) is 0 Å². The Morgan fingerprint density at radius 1 is 1.29 bits per heavy atom. The molecule has 1 aromatic heterocycles. The van der Waals surface area contributed by atoms with Gasteiger partial charge in [-0.25, -0.2) is 0 Å². The molecule has 2 nitrogen and oxygen atoms in total. The van der Waals surface area contributed by atoms with Gasteiger partial charge in [-0.2, -0.15) is 0 Å². The average molecular weight is 235 g/mol. The first-order valence-electron chi connectivity index (χ1n) is 7.10. The van der Waals surface area contributed by atoms with Crippen molar-refractivity contribution >= 4 is 0 Å². The summed E-state index contributed by atoms with van der Waals surface area (Å²) in [5, 5.41) is 3.52. The van der Waals surface area contributed by atoms with E-state index in [1.54, 1.807) is 0 Å². The van der Waals surface area contributed by atoms with Gasteiger partial charge in [-0.15, -0.1) is 0 Å². The Morgan fingerprint density at radius 2 is 2.00 bits per heavy atom. The summed E-state index contributed by atoms with van der Waals surface area (Å²) in [5.41, 5.74) is 1.39. The third kappa shape index (κ3) is 2.92. The zero-order valence-corrected chi connectivity index (χ0v) is 11.2. The van der Waals surface area contributed by atoms with Crippen molar-refractivity contribution in [2.75, 3.05) is 7.05 Å². The summed E-state index contributed by atoms with van der Waals surface area (Å²) in [6.45, 7) is 2.17. The standard InChI is InChI=1S/C15H25NO/c1-3-14-13(10-11-17-14)15(16-2)12-8-6-4-5-7-9-12/h10-12,15-16H,3-9H2,1-2H3. The molecule has 1 aliphatic rings. The van der Waals surface area contributed by atoms with Crippen molar-refractivity contribution in [2.45, 2.75) is 57.9 Å². The topological polar surface area (TPSA) is 25.2 Å². The predicted molar refractivity (Wildman–Crippen MR) is 71.1 cm³/mol. The summed E-state index contributed by atoms with van der Waals surface area (Å²) in [7, 11) is 2.09. The fourth-order valence-electron chi connectivity index (χ4n) is 3.20. The smallest absolute Gasteiger partial charge is 0.108 e. The third-order valence-corrected chi connectivity index (χ3v) is 4.12. The second-order valence-corrected chi connectivity index (χ2v) is 5.17. The molecule has 1 fully saturated rings. The van der Waals surface area contributed by atoms with Crippen LogP contribution < -0.4 is 5.32 Å². The lowest BCUT2D eigenvalue weighted by molar-refractivity contribution is 0.336. The average Bonchev–Trinajstić information content (AvgIpc) is 2.65. The van der Waals surface area contributed by atoms with Crippen LogP contribution in [0.15, 0.2) is 16.7 Å². The van der Waals surface area contributed by atoms with Crippen molar-refractivity contribution in [3.05, 3.63) is 23.7 Å². The van der Waals surface area contributed by atoms with Crippen molar-refractivity contribution < 1.29 is 4.42 Å². The maximum absolute atomic E-state index is 5.58. The molecule has 0 aromatic carbocycles.